The van der Waals surface area contributed by atoms with E-state index in [4.69, 9.17) is 23.1 Å². The van der Waals surface area contributed by atoms with Gasteiger partial charge in [0.1, 0.15) is 11.0 Å². The molecule has 0 N–H and O–H groups in total. The van der Waals surface area contributed by atoms with Crippen molar-refractivity contribution in [3.63, 3.8) is 0 Å². The highest BCUT2D eigenvalue weighted by atomic mass is 32.1. The van der Waals surface area contributed by atoms with Crippen molar-refractivity contribution in [1.82, 2.24) is 0 Å². The summed E-state index contributed by atoms with van der Waals surface area (Å²) in [6.45, 7) is 25.2. The molecule has 0 amide bonds. The maximum Gasteiger partial charge on any atom is 0.417 e. The van der Waals surface area contributed by atoms with Gasteiger partial charge in [-0.1, -0.05) is 67.0 Å². The fraction of sp³-hybridized carbons (Fsp3) is 0.769. The van der Waals surface area contributed by atoms with Gasteiger partial charge in [0.05, 0.1) is 26.4 Å². The molecule has 8 nitrogen and oxygen atoms in total. The molecule has 2 saturated carbocycles. The maximum absolute atomic E-state index is 12.8. The van der Waals surface area contributed by atoms with Crippen molar-refractivity contribution in [2.75, 3.05) is 14.2 Å². The lowest BCUT2D eigenvalue weighted by atomic mass is 9.63. The highest BCUT2D eigenvalue weighted by molar-refractivity contribution is 7.13. The van der Waals surface area contributed by atoms with Gasteiger partial charge in [0, 0.05) is 23.1 Å². The van der Waals surface area contributed by atoms with Crippen LogP contribution in [0.5, 0.6) is 0 Å². The zero-order valence-electron chi connectivity index (χ0n) is 33.2. The molecule has 1 aromatic rings. The van der Waals surface area contributed by atoms with Gasteiger partial charge in [0.15, 0.2) is 16.6 Å². The summed E-state index contributed by atoms with van der Waals surface area (Å²) in [5.41, 5.74) is 0.203. The van der Waals surface area contributed by atoms with E-state index in [-0.39, 0.29) is 45.5 Å². The van der Waals surface area contributed by atoms with Gasteiger partial charge in [-0.05, 0) is 98.8 Å². The minimum absolute atomic E-state index is 0.00606. The van der Waals surface area contributed by atoms with Crippen LogP contribution >= 0.6 is 11.3 Å². The number of methoxy groups -OCH3 is 2. The molecule has 0 spiro atoms. The third-order valence-corrected chi connectivity index (χ3v) is 22.5. The molecule has 0 saturated heterocycles. The Labute approximate surface area is 308 Å². The molecule has 50 heavy (non-hydrogen) atoms. The van der Waals surface area contributed by atoms with E-state index in [1.165, 1.54) is 44.8 Å². The first kappa shape index (κ1) is 42.6. The molecule has 0 aliphatic heterocycles. The van der Waals surface area contributed by atoms with Crippen molar-refractivity contribution in [2.45, 2.75) is 161 Å². The minimum Gasteiger partial charge on any atom is -0.465 e. The van der Waals surface area contributed by atoms with Gasteiger partial charge in [0.2, 0.25) is 0 Å². The molecule has 1 heterocycles. The third kappa shape index (κ3) is 10.2. The summed E-state index contributed by atoms with van der Waals surface area (Å²) in [7, 11) is -1.64. The zero-order valence-corrected chi connectivity index (χ0v) is 36.1. The molecule has 0 bridgehead atoms. The normalized spacial score (nSPS) is 23.4. The van der Waals surface area contributed by atoms with Crippen LogP contribution < -0.4 is 0 Å². The van der Waals surface area contributed by atoms with Gasteiger partial charge >= 0.3 is 17.9 Å². The van der Waals surface area contributed by atoms with Crippen LogP contribution in [0.1, 0.15) is 114 Å². The van der Waals surface area contributed by atoms with Crippen LogP contribution in [0.3, 0.4) is 0 Å². The van der Waals surface area contributed by atoms with Crippen LogP contribution in [0.2, 0.25) is 36.3 Å². The minimum atomic E-state index is -2.21. The Morgan fingerprint density at radius 2 is 1.58 bits per heavy atom. The number of aryl methyl sites for hydroxylation is 1. The van der Waals surface area contributed by atoms with E-state index in [0.29, 0.717) is 11.3 Å². The van der Waals surface area contributed by atoms with Crippen LogP contribution in [0.15, 0.2) is 24.3 Å². The number of esters is 3. The van der Waals surface area contributed by atoms with Crippen LogP contribution in [0.25, 0.3) is 0 Å². The lowest BCUT2D eigenvalue weighted by Crippen LogP contribution is -2.51. The van der Waals surface area contributed by atoms with Crippen LogP contribution in [-0.2, 0) is 39.1 Å². The first-order valence-electron chi connectivity index (χ1n) is 18.6. The quantitative estimate of drug-likeness (QED) is 0.0575. The zero-order chi connectivity index (χ0) is 37.7. The highest BCUT2D eigenvalue weighted by Crippen LogP contribution is 2.52. The highest BCUT2D eigenvalue weighted by Gasteiger charge is 2.50. The van der Waals surface area contributed by atoms with Crippen molar-refractivity contribution in [2.24, 2.45) is 17.3 Å². The Bertz CT molecular complexity index is 1330. The molecule has 284 valence electrons. The standard InChI is InChI=1S/C39H66O8SSi2/c1-14-39(24-17-25-39)33(47-50(12,13)38(5,6)7)21-16-20-29-28(19-15-18-27-22-23-32(48-27)34(40)43-8)30(45-36(42)35(41)44-9)26-31(29)46-49(10,11)37(2,3)4/h16,20,22-23,28-31,33H,14-15,17-19,21,24-26H2,1-13H3/b20-16+/t28-,29-,30+,31+,33?/m1/s1. The Kier molecular flexibility index (Phi) is 14.4. The van der Waals surface area contributed by atoms with Crippen LogP contribution in [0, 0.1) is 17.3 Å². The lowest BCUT2D eigenvalue weighted by Gasteiger charge is -2.51. The van der Waals surface area contributed by atoms with E-state index < -0.39 is 34.7 Å². The summed E-state index contributed by atoms with van der Waals surface area (Å²) < 4.78 is 29.9. The third-order valence-electron chi connectivity index (χ3n) is 12.4. The second kappa shape index (κ2) is 16.9. The first-order valence-corrected chi connectivity index (χ1v) is 25.2. The number of rotatable bonds is 15. The predicted octanol–water partition coefficient (Wildman–Crippen LogP) is 9.89. The maximum atomic E-state index is 12.8. The van der Waals surface area contributed by atoms with Crippen molar-refractivity contribution >= 4 is 45.9 Å². The van der Waals surface area contributed by atoms with E-state index in [1.54, 1.807) is 0 Å². The summed E-state index contributed by atoms with van der Waals surface area (Å²) in [4.78, 5) is 38.8. The summed E-state index contributed by atoms with van der Waals surface area (Å²) >= 11 is 1.45. The Hall–Kier alpha value is -1.80. The van der Waals surface area contributed by atoms with E-state index in [1.807, 2.05) is 12.1 Å². The molecule has 2 fully saturated rings. The molecular weight excluding hydrogens is 685 g/mol. The van der Waals surface area contributed by atoms with E-state index in [9.17, 15) is 14.4 Å². The van der Waals surface area contributed by atoms with Crippen molar-refractivity contribution < 1.29 is 37.4 Å². The van der Waals surface area contributed by atoms with Gasteiger partial charge < -0.3 is 23.1 Å². The Morgan fingerprint density at radius 1 is 0.940 bits per heavy atom. The summed E-state index contributed by atoms with van der Waals surface area (Å²) in [5.74, 6) is -2.35. The molecule has 2 aliphatic rings. The van der Waals surface area contributed by atoms with Gasteiger partial charge in [-0.25, -0.2) is 14.4 Å². The second-order valence-electron chi connectivity index (χ2n) is 17.6. The topological polar surface area (TPSA) is 97.4 Å². The smallest absolute Gasteiger partial charge is 0.417 e. The fourth-order valence-electron chi connectivity index (χ4n) is 6.90. The van der Waals surface area contributed by atoms with E-state index in [0.717, 1.165) is 37.0 Å². The number of thiophene rings is 1. The molecule has 1 aromatic heterocycles. The molecule has 0 aromatic carbocycles. The molecule has 3 rings (SSSR count). The average molecular weight is 751 g/mol. The number of hydrogen-bond acceptors (Lipinski definition) is 9. The van der Waals surface area contributed by atoms with E-state index in [2.05, 4.69) is 86.8 Å². The van der Waals surface area contributed by atoms with Gasteiger partial charge in [-0.2, -0.15) is 0 Å². The average Bonchev–Trinajstić information content (AvgIpc) is 3.59. The molecule has 0 radical (unpaired) electrons. The molecule has 5 atom stereocenters. The molecule has 2 aliphatic carbocycles. The first-order chi connectivity index (χ1) is 23.1. The Morgan fingerprint density at radius 3 is 2.10 bits per heavy atom. The second-order valence-corrected chi connectivity index (χ2v) is 28.3. The van der Waals surface area contributed by atoms with Crippen molar-refractivity contribution in [3.05, 3.63) is 34.0 Å². The number of hydrogen-bond donors (Lipinski definition) is 0. The number of ether oxygens (including phenoxy) is 3. The molecular formula is C39H66O8SSi2. The number of carbonyl (C=O) groups excluding carboxylic acids is 3. The van der Waals surface area contributed by atoms with Crippen LogP contribution in [0.4, 0.5) is 0 Å². The van der Waals surface area contributed by atoms with Gasteiger partial charge in [0.25, 0.3) is 0 Å². The van der Waals surface area contributed by atoms with Crippen LogP contribution in [-0.4, -0.2) is 67.1 Å². The van der Waals surface area contributed by atoms with E-state index >= 15 is 0 Å². The summed E-state index contributed by atoms with van der Waals surface area (Å²) in [6.07, 6.45) is 12.6. The largest absolute Gasteiger partial charge is 0.465 e. The monoisotopic (exact) mass is 750 g/mol. The molecule has 1 unspecified atom stereocenters. The fourth-order valence-corrected chi connectivity index (χ4v) is 10.6. The van der Waals surface area contributed by atoms with Gasteiger partial charge in [-0.15, -0.1) is 11.3 Å². The SMILES string of the molecule is CCC1(C(C/C=C/[C@@H]2[C@@H](CCCc3ccc(C(=O)OC)s3)[C@@H](OC(=O)C(=O)OC)C[C@@H]2O[Si](C)(C)C(C)(C)C)O[Si](C)(C)C(C)(C)C)CCC1. The lowest BCUT2D eigenvalue weighted by molar-refractivity contribution is -0.170. The van der Waals surface area contributed by atoms with Gasteiger partial charge in [-0.3, -0.25) is 0 Å². The van der Waals surface area contributed by atoms with Crippen molar-refractivity contribution in [3.8, 4) is 0 Å². The summed E-state index contributed by atoms with van der Waals surface area (Å²) in [5, 5.41) is 0.108. The van der Waals surface area contributed by atoms with Crippen molar-refractivity contribution in [1.29, 1.82) is 0 Å². The Balaban J connectivity index is 1.96. The summed E-state index contributed by atoms with van der Waals surface area (Å²) in [6, 6.07) is 3.79. The molecule has 11 heteroatoms. The number of carbonyl (C=O) groups is 3. The predicted molar refractivity (Wildman–Crippen MR) is 207 cm³/mol.